The van der Waals surface area contributed by atoms with E-state index in [1.165, 1.54) is 4.68 Å². The van der Waals surface area contributed by atoms with Crippen LogP contribution in [0.5, 0.6) is 0 Å². The molecule has 0 fully saturated rings. The molecular weight excluding hydrogens is 244 g/mol. The second-order valence-corrected chi connectivity index (χ2v) is 4.44. The normalized spacial score (nSPS) is 10.7. The van der Waals surface area contributed by atoms with Crippen LogP contribution >= 0.6 is 0 Å². The summed E-state index contributed by atoms with van der Waals surface area (Å²) in [6.07, 6.45) is 5.26. The van der Waals surface area contributed by atoms with Crippen molar-refractivity contribution >= 4 is 5.69 Å². The van der Waals surface area contributed by atoms with Gasteiger partial charge in [-0.2, -0.15) is 10.2 Å². The summed E-state index contributed by atoms with van der Waals surface area (Å²) in [6.45, 7) is 1.65. The standard InChI is InChI=1S/C12H18N6O/c1-16(4-3-13)11-5-12(19)18(15-7-11)9-10-6-14-17(2)8-10/h5-8H,3-4,9,13H2,1-2H3. The van der Waals surface area contributed by atoms with E-state index in [0.717, 1.165) is 11.3 Å². The summed E-state index contributed by atoms with van der Waals surface area (Å²) < 4.78 is 3.11. The number of aromatic nitrogens is 4. The zero-order valence-electron chi connectivity index (χ0n) is 11.2. The smallest absolute Gasteiger partial charge is 0.269 e. The molecular formula is C12H18N6O. The molecule has 2 heterocycles. The molecule has 0 unspecified atom stereocenters. The van der Waals surface area contributed by atoms with Crippen LogP contribution in [0.2, 0.25) is 0 Å². The molecule has 2 N–H and O–H groups in total. The van der Waals surface area contributed by atoms with Gasteiger partial charge >= 0.3 is 0 Å². The van der Waals surface area contributed by atoms with Gasteiger partial charge in [-0.05, 0) is 0 Å². The third-order valence-electron chi connectivity index (χ3n) is 2.85. The molecule has 19 heavy (non-hydrogen) atoms. The Kier molecular flexibility index (Phi) is 3.96. The zero-order valence-corrected chi connectivity index (χ0v) is 11.2. The molecule has 0 aliphatic heterocycles. The summed E-state index contributed by atoms with van der Waals surface area (Å²) in [6, 6.07) is 1.57. The van der Waals surface area contributed by atoms with Crippen molar-refractivity contribution in [1.82, 2.24) is 19.6 Å². The average molecular weight is 262 g/mol. The number of hydrogen-bond donors (Lipinski definition) is 1. The first-order valence-corrected chi connectivity index (χ1v) is 6.06. The number of anilines is 1. The lowest BCUT2D eigenvalue weighted by molar-refractivity contribution is 0.636. The first-order chi connectivity index (χ1) is 9.10. The van der Waals surface area contributed by atoms with Gasteiger partial charge in [0, 0.05) is 45.0 Å². The lowest BCUT2D eigenvalue weighted by Gasteiger charge is -2.17. The summed E-state index contributed by atoms with van der Waals surface area (Å²) in [7, 11) is 3.72. The minimum atomic E-state index is -0.134. The number of nitrogens with zero attached hydrogens (tertiary/aromatic N) is 5. The lowest BCUT2D eigenvalue weighted by atomic mass is 10.3. The highest BCUT2D eigenvalue weighted by atomic mass is 16.1. The molecule has 0 spiro atoms. The lowest BCUT2D eigenvalue weighted by Crippen LogP contribution is -2.29. The number of nitrogens with two attached hydrogens (primary N) is 1. The third kappa shape index (κ3) is 3.19. The van der Waals surface area contributed by atoms with E-state index in [4.69, 9.17) is 5.73 Å². The van der Waals surface area contributed by atoms with Gasteiger partial charge in [0.25, 0.3) is 5.56 Å². The molecule has 2 aromatic rings. The van der Waals surface area contributed by atoms with E-state index < -0.39 is 0 Å². The Balaban J connectivity index is 2.17. The van der Waals surface area contributed by atoms with E-state index in [2.05, 4.69) is 10.2 Å². The van der Waals surface area contributed by atoms with E-state index in [0.29, 0.717) is 19.6 Å². The highest BCUT2D eigenvalue weighted by molar-refractivity contribution is 5.41. The molecule has 7 nitrogen and oxygen atoms in total. The van der Waals surface area contributed by atoms with Crippen LogP contribution in [0.1, 0.15) is 5.56 Å². The van der Waals surface area contributed by atoms with Crippen molar-refractivity contribution in [3.63, 3.8) is 0 Å². The van der Waals surface area contributed by atoms with Gasteiger partial charge in [0.05, 0.1) is 24.6 Å². The maximum absolute atomic E-state index is 12.0. The molecule has 102 valence electrons. The van der Waals surface area contributed by atoms with Crippen LogP contribution in [0, 0.1) is 0 Å². The van der Waals surface area contributed by atoms with Crippen molar-refractivity contribution in [2.45, 2.75) is 6.54 Å². The van der Waals surface area contributed by atoms with Gasteiger partial charge in [0.1, 0.15) is 0 Å². The number of hydrogen-bond acceptors (Lipinski definition) is 5. The van der Waals surface area contributed by atoms with E-state index in [1.807, 2.05) is 25.2 Å². The summed E-state index contributed by atoms with van der Waals surface area (Å²) in [4.78, 5) is 13.9. The Labute approximate surface area is 111 Å². The Morgan fingerprint density at radius 2 is 2.16 bits per heavy atom. The summed E-state index contributed by atoms with van der Waals surface area (Å²) >= 11 is 0. The van der Waals surface area contributed by atoms with Crippen LogP contribution in [0.25, 0.3) is 0 Å². The fourth-order valence-electron chi connectivity index (χ4n) is 1.80. The van der Waals surface area contributed by atoms with Crippen molar-refractivity contribution in [2.24, 2.45) is 12.8 Å². The van der Waals surface area contributed by atoms with Crippen LogP contribution in [0.3, 0.4) is 0 Å². The van der Waals surface area contributed by atoms with Crippen molar-refractivity contribution in [3.8, 4) is 0 Å². The fourth-order valence-corrected chi connectivity index (χ4v) is 1.80. The van der Waals surface area contributed by atoms with Gasteiger partial charge in [0.15, 0.2) is 0 Å². The van der Waals surface area contributed by atoms with Crippen LogP contribution in [0.15, 0.2) is 29.5 Å². The van der Waals surface area contributed by atoms with E-state index in [9.17, 15) is 4.79 Å². The maximum atomic E-state index is 12.0. The molecule has 0 saturated carbocycles. The summed E-state index contributed by atoms with van der Waals surface area (Å²) in [5.74, 6) is 0. The molecule has 0 saturated heterocycles. The second-order valence-electron chi connectivity index (χ2n) is 4.44. The zero-order chi connectivity index (χ0) is 13.8. The largest absolute Gasteiger partial charge is 0.372 e. The van der Waals surface area contributed by atoms with E-state index >= 15 is 0 Å². The summed E-state index contributed by atoms with van der Waals surface area (Å²) in [5, 5.41) is 8.23. The first-order valence-electron chi connectivity index (χ1n) is 6.06. The monoisotopic (exact) mass is 262 g/mol. The minimum Gasteiger partial charge on any atom is -0.372 e. The third-order valence-corrected chi connectivity index (χ3v) is 2.85. The fraction of sp³-hybridized carbons (Fsp3) is 0.417. The molecule has 0 bridgehead atoms. The molecule has 0 amide bonds. The molecule has 0 radical (unpaired) electrons. The van der Waals surface area contributed by atoms with Crippen LogP contribution in [0.4, 0.5) is 5.69 Å². The van der Waals surface area contributed by atoms with Crippen molar-refractivity contribution in [3.05, 3.63) is 40.6 Å². The molecule has 0 atom stereocenters. The van der Waals surface area contributed by atoms with Crippen molar-refractivity contribution in [2.75, 3.05) is 25.0 Å². The van der Waals surface area contributed by atoms with Crippen LogP contribution in [-0.4, -0.2) is 39.7 Å². The van der Waals surface area contributed by atoms with Crippen molar-refractivity contribution < 1.29 is 0 Å². The quantitative estimate of drug-likeness (QED) is 0.779. The molecule has 0 aromatic carbocycles. The SMILES string of the molecule is CN(CCN)c1cnn(Cc2cnn(C)c2)c(=O)c1. The number of aryl methyl sites for hydroxylation is 1. The molecule has 0 aliphatic carbocycles. The van der Waals surface area contributed by atoms with Gasteiger partial charge < -0.3 is 10.6 Å². The van der Waals surface area contributed by atoms with Gasteiger partial charge in [-0.1, -0.05) is 0 Å². The predicted molar refractivity (Wildman–Crippen MR) is 73.1 cm³/mol. The molecule has 2 aromatic heterocycles. The van der Waals surface area contributed by atoms with Gasteiger partial charge in [-0.3, -0.25) is 9.48 Å². The minimum absolute atomic E-state index is 0.134. The highest BCUT2D eigenvalue weighted by Gasteiger charge is 2.05. The van der Waals surface area contributed by atoms with Crippen LogP contribution in [-0.2, 0) is 13.6 Å². The molecule has 7 heteroatoms. The van der Waals surface area contributed by atoms with Gasteiger partial charge in [-0.25, -0.2) is 4.68 Å². The highest BCUT2D eigenvalue weighted by Crippen LogP contribution is 2.06. The average Bonchev–Trinajstić information content (AvgIpc) is 2.78. The van der Waals surface area contributed by atoms with E-state index in [1.54, 1.807) is 23.1 Å². The van der Waals surface area contributed by atoms with Gasteiger partial charge in [-0.15, -0.1) is 0 Å². The topological polar surface area (TPSA) is 82.0 Å². The maximum Gasteiger partial charge on any atom is 0.269 e. The van der Waals surface area contributed by atoms with Gasteiger partial charge in [0.2, 0.25) is 0 Å². The Morgan fingerprint density at radius 3 is 2.74 bits per heavy atom. The Hall–Kier alpha value is -2.15. The summed E-state index contributed by atoms with van der Waals surface area (Å²) in [5.41, 5.74) is 7.07. The molecule has 0 aliphatic rings. The first kappa shape index (κ1) is 13.3. The Bertz CT molecular complexity index is 602. The van der Waals surface area contributed by atoms with E-state index in [-0.39, 0.29) is 5.56 Å². The van der Waals surface area contributed by atoms with Crippen LogP contribution < -0.4 is 16.2 Å². The number of likely N-dealkylation sites (N-methyl/N-ethyl adjacent to an activating group) is 1. The Morgan fingerprint density at radius 1 is 1.37 bits per heavy atom. The number of rotatable bonds is 5. The molecule has 2 rings (SSSR count). The predicted octanol–water partition coefficient (Wildman–Crippen LogP) is -0.580. The van der Waals surface area contributed by atoms with Crippen molar-refractivity contribution in [1.29, 1.82) is 0 Å². The second kappa shape index (κ2) is 5.66.